The minimum atomic E-state index is -0.912. The second kappa shape index (κ2) is 4.65. The Bertz CT molecular complexity index is 556. The van der Waals surface area contributed by atoms with Gasteiger partial charge in [0.1, 0.15) is 0 Å². The lowest BCUT2D eigenvalue weighted by Crippen LogP contribution is -1.95. The summed E-state index contributed by atoms with van der Waals surface area (Å²) in [5.41, 5.74) is 3.13. The number of rotatable bonds is 3. The average molecular weight is 228 g/mol. The molecule has 2 heterocycles. The molecule has 0 aromatic carbocycles. The predicted molar refractivity (Wildman–Crippen MR) is 65.3 cm³/mol. The third kappa shape index (κ3) is 2.60. The van der Waals surface area contributed by atoms with E-state index >= 15 is 0 Å². The van der Waals surface area contributed by atoms with Crippen LogP contribution in [-0.4, -0.2) is 21.0 Å². The summed E-state index contributed by atoms with van der Waals surface area (Å²) in [6.45, 7) is 1.56. The molecule has 0 radical (unpaired) electrons. The summed E-state index contributed by atoms with van der Waals surface area (Å²) in [7, 11) is 0. The van der Waals surface area contributed by atoms with Gasteiger partial charge in [-0.2, -0.15) is 0 Å². The van der Waals surface area contributed by atoms with Gasteiger partial charge < -0.3 is 10.1 Å². The SMILES string of the molecule is CC(=Cc1cc(-c2ccncc2)c[nH]1)C(=O)O. The van der Waals surface area contributed by atoms with Crippen LogP contribution >= 0.6 is 0 Å². The van der Waals surface area contributed by atoms with Crippen LogP contribution in [0.15, 0.2) is 42.4 Å². The normalized spacial score (nSPS) is 11.5. The van der Waals surface area contributed by atoms with Crippen molar-refractivity contribution in [2.45, 2.75) is 6.92 Å². The Morgan fingerprint density at radius 2 is 2.06 bits per heavy atom. The van der Waals surface area contributed by atoms with Crippen LogP contribution in [0.3, 0.4) is 0 Å². The van der Waals surface area contributed by atoms with E-state index in [4.69, 9.17) is 5.11 Å². The van der Waals surface area contributed by atoms with Gasteiger partial charge >= 0.3 is 5.97 Å². The highest BCUT2D eigenvalue weighted by Gasteiger charge is 2.03. The van der Waals surface area contributed by atoms with E-state index in [1.54, 1.807) is 25.4 Å². The van der Waals surface area contributed by atoms with Gasteiger partial charge in [-0.15, -0.1) is 0 Å². The lowest BCUT2D eigenvalue weighted by Gasteiger charge is -1.94. The average Bonchev–Trinajstić information content (AvgIpc) is 2.78. The molecule has 0 amide bonds. The molecule has 0 aliphatic heterocycles. The smallest absolute Gasteiger partial charge is 0.331 e. The number of pyridine rings is 1. The van der Waals surface area contributed by atoms with Crippen LogP contribution in [0.5, 0.6) is 0 Å². The molecule has 2 aromatic heterocycles. The molecule has 86 valence electrons. The van der Waals surface area contributed by atoms with Crippen molar-refractivity contribution >= 4 is 12.0 Å². The molecule has 0 aliphatic carbocycles. The first-order valence-electron chi connectivity index (χ1n) is 5.17. The van der Waals surface area contributed by atoms with E-state index in [9.17, 15) is 4.79 Å². The summed E-state index contributed by atoms with van der Waals surface area (Å²) in [5.74, 6) is -0.912. The van der Waals surface area contributed by atoms with Gasteiger partial charge in [0.2, 0.25) is 0 Å². The molecular weight excluding hydrogens is 216 g/mol. The van der Waals surface area contributed by atoms with Crippen LogP contribution in [0.1, 0.15) is 12.6 Å². The standard InChI is InChI=1S/C13H12N2O2/c1-9(13(16)17)6-12-7-11(8-15-12)10-2-4-14-5-3-10/h2-8,15H,1H3,(H,16,17). The molecule has 0 fully saturated rings. The molecule has 0 spiro atoms. The number of carboxylic acid groups (broad SMARTS) is 1. The Kier molecular flexibility index (Phi) is 3.05. The van der Waals surface area contributed by atoms with Gasteiger partial charge in [-0.05, 0) is 42.3 Å². The number of H-pyrrole nitrogens is 1. The fourth-order valence-corrected chi connectivity index (χ4v) is 1.50. The van der Waals surface area contributed by atoms with Gasteiger partial charge in [0.15, 0.2) is 0 Å². The molecule has 2 aromatic rings. The first kappa shape index (κ1) is 11.1. The first-order chi connectivity index (χ1) is 8.16. The Balaban J connectivity index is 2.29. The van der Waals surface area contributed by atoms with Gasteiger partial charge in [-0.25, -0.2) is 4.79 Å². The van der Waals surface area contributed by atoms with Crippen molar-refractivity contribution in [3.63, 3.8) is 0 Å². The zero-order valence-electron chi connectivity index (χ0n) is 9.34. The molecule has 2 N–H and O–H groups in total. The number of aromatic amines is 1. The molecule has 0 aliphatic rings. The quantitative estimate of drug-likeness (QED) is 0.793. The highest BCUT2D eigenvalue weighted by atomic mass is 16.4. The Morgan fingerprint density at radius 3 is 2.71 bits per heavy atom. The van der Waals surface area contributed by atoms with Crippen LogP contribution in [-0.2, 0) is 4.79 Å². The Labute approximate surface area is 98.6 Å². The summed E-state index contributed by atoms with van der Waals surface area (Å²) in [4.78, 5) is 17.7. The number of carbonyl (C=O) groups is 1. The van der Waals surface area contributed by atoms with E-state index in [0.717, 1.165) is 16.8 Å². The number of aliphatic carboxylic acids is 1. The van der Waals surface area contributed by atoms with Crippen LogP contribution < -0.4 is 0 Å². The van der Waals surface area contributed by atoms with Crippen molar-refractivity contribution in [2.24, 2.45) is 0 Å². The van der Waals surface area contributed by atoms with Gasteiger partial charge in [0.25, 0.3) is 0 Å². The van der Waals surface area contributed by atoms with Gasteiger partial charge in [0, 0.05) is 29.9 Å². The highest BCUT2D eigenvalue weighted by molar-refractivity contribution is 5.91. The minimum absolute atomic E-state index is 0.299. The molecule has 0 atom stereocenters. The predicted octanol–water partition coefficient (Wildman–Crippen LogP) is 2.56. The zero-order valence-corrected chi connectivity index (χ0v) is 9.34. The lowest BCUT2D eigenvalue weighted by molar-refractivity contribution is -0.132. The number of nitrogens with one attached hydrogen (secondary N) is 1. The third-order valence-electron chi connectivity index (χ3n) is 2.43. The lowest BCUT2D eigenvalue weighted by atomic mass is 10.1. The van der Waals surface area contributed by atoms with Crippen molar-refractivity contribution < 1.29 is 9.90 Å². The van der Waals surface area contributed by atoms with Crippen LogP contribution in [0.4, 0.5) is 0 Å². The van der Waals surface area contributed by atoms with Crippen LogP contribution in [0, 0.1) is 0 Å². The zero-order chi connectivity index (χ0) is 12.3. The maximum Gasteiger partial charge on any atom is 0.331 e. The largest absolute Gasteiger partial charge is 0.478 e. The first-order valence-corrected chi connectivity index (χ1v) is 5.17. The summed E-state index contributed by atoms with van der Waals surface area (Å²) in [6, 6.07) is 5.71. The van der Waals surface area contributed by atoms with Crippen molar-refractivity contribution in [2.75, 3.05) is 0 Å². The molecule has 0 unspecified atom stereocenters. The monoisotopic (exact) mass is 228 g/mol. The van der Waals surface area contributed by atoms with Gasteiger partial charge in [0.05, 0.1) is 0 Å². The van der Waals surface area contributed by atoms with E-state index < -0.39 is 5.97 Å². The van der Waals surface area contributed by atoms with Crippen molar-refractivity contribution in [1.82, 2.24) is 9.97 Å². The Morgan fingerprint density at radius 1 is 1.35 bits per heavy atom. The second-order valence-electron chi connectivity index (χ2n) is 3.71. The Hall–Kier alpha value is -2.36. The maximum absolute atomic E-state index is 10.7. The molecular formula is C13H12N2O2. The molecule has 4 heteroatoms. The van der Waals surface area contributed by atoms with Crippen LogP contribution in [0.2, 0.25) is 0 Å². The number of nitrogens with zero attached hydrogens (tertiary/aromatic N) is 1. The molecule has 0 saturated heterocycles. The number of hydrogen-bond donors (Lipinski definition) is 2. The second-order valence-corrected chi connectivity index (χ2v) is 3.71. The summed E-state index contributed by atoms with van der Waals surface area (Å²) >= 11 is 0. The number of hydrogen-bond acceptors (Lipinski definition) is 2. The van der Waals surface area contributed by atoms with Crippen molar-refractivity contribution in [3.8, 4) is 11.1 Å². The van der Waals surface area contributed by atoms with Gasteiger partial charge in [-0.3, -0.25) is 4.98 Å². The maximum atomic E-state index is 10.7. The molecule has 0 bridgehead atoms. The topological polar surface area (TPSA) is 66.0 Å². The summed E-state index contributed by atoms with van der Waals surface area (Å²) in [5, 5.41) is 8.78. The number of aromatic nitrogens is 2. The molecule has 17 heavy (non-hydrogen) atoms. The fraction of sp³-hybridized carbons (Fsp3) is 0.0769. The molecule has 2 rings (SSSR count). The van der Waals surface area contributed by atoms with E-state index in [0.29, 0.717) is 5.57 Å². The molecule has 4 nitrogen and oxygen atoms in total. The van der Waals surface area contributed by atoms with Crippen LogP contribution in [0.25, 0.3) is 17.2 Å². The number of carboxylic acids is 1. The summed E-state index contributed by atoms with van der Waals surface area (Å²) < 4.78 is 0. The van der Waals surface area contributed by atoms with E-state index in [2.05, 4.69) is 9.97 Å². The van der Waals surface area contributed by atoms with E-state index in [-0.39, 0.29) is 0 Å². The van der Waals surface area contributed by atoms with E-state index in [1.165, 1.54) is 0 Å². The van der Waals surface area contributed by atoms with E-state index in [1.807, 2.05) is 24.4 Å². The third-order valence-corrected chi connectivity index (χ3v) is 2.43. The minimum Gasteiger partial charge on any atom is -0.478 e. The van der Waals surface area contributed by atoms with Crippen molar-refractivity contribution in [1.29, 1.82) is 0 Å². The van der Waals surface area contributed by atoms with Crippen molar-refractivity contribution in [3.05, 3.63) is 48.1 Å². The molecule has 0 saturated carbocycles. The highest BCUT2D eigenvalue weighted by Crippen LogP contribution is 2.20. The van der Waals surface area contributed by atoms with Gasteiger partial charge in [-0.1, -0.05) is 0 Å². The fourth-order valence-electron chi connectivity index (χ4n) is 1.50. The summed E-state index contributed by atoms with van der Waals surface area (Å²) in [6.07, 6.45) is 6.89.